The van der Waals surface area contributed by atoms with Crippen LogP contribution in [0.3, 0.4) is 0 Å². The van der Waals surface area contributed by atoms with Gasteiger partial charge in [0.15, 0.2) is 9.04 Å². The molecule has 1 nitrogen and oxygen atoms in total. The molecule has 0 saturated heterocycles. The van der Waals surface area contributed by atoms with Crippen LogP contribution in [-0.4, -0.2) is 23.4 Å². The molecule has 0 aliphatic rings. The topological polar surface area (TPSA) is 9.23 Å². The lowest BCUT2D eigenvalue weighted by Gasteiger charge is -2.29. The van der Waals surface area contributed by atoms with E-state index in [1.807, 2.05) is 0 Å². The Labute approximate surface area is 74.5 Å². The van der Waals surface area contributed by atoms with Crippen molar-refractivity contribution >= 4 is 17.8 Å². The Morgan fingerprint density at radius 1 is 1.09 bits per heavy atom. The lowest BCUT2D eigenvalue weighted by Crippen LogP contribution is -2.33. The van der Waals surface area contributed by atoms with Crippen LogP contribution in [0.1, 0.15) is 13.8 Å². The third-order valence-corrected chi connectivity index (χ3v) is 4.36. The van der Waals surface area contributed by atoms with Gasteiger partial charge in [0.1, 0.15) is 0 Å². The first kappa shape index (κ1) is 11.4. The summed E-state index contributed by atoms with van der Waals surface area (Å²) in [6, 6.07) is 1.30. The zero-order valence-electron chi connectivity index (χ0n) is 8.77. The molecule has 68 valence electrons. The highest BCUT2D eigenvalue weighted by Gasteiger charge is 2.21. The molecule has 0 amide bonds. The molecule has 3 heteroatoms. The summed E-state index contributed by atoms with van der Waals surface area (Å²) in [4.78, 5) is 0. The number of hydrogen-bond donors (Lipinski definition) is 0. The quantitative estimate of drug-likeness (QED) is 0.618. The van der Waals surface area contributed by atoms with E-state index in [1.165, 1.54) is 6.04 Å². The van der Waals surface area contributed by atoms with E-state index in [0.29, 0.717) is 0 Å². The van der Waals surface area contributed by atoms with Gasteiger partial charge in [-0.1, -0.05) is 13.1 Å². The van der Waals surface area contributed by atoms with E-state index >= 15 is 0 Å². The Kier molecular flexibility index (Phi) is 4.59. The van der Waals surface area contributed by atoms with Crippen molar-refractivity contribution in [3.8, 4) is 0 Å². The molecule has 0 fully saturated rings. The standard InChI is InChI=1S/C8H22OSi2/c1-8(2,7-10(3)4)9-11(5)6/h10-11H,7H2,1-6H3. The van der Waals surface area contributed by atoms with Gasteiger partial charge in [0.2, 0.25) is 0 Å². The molecule has 0 aliphatic carbocycles. The van der Waals surface area contributed by atoms with Gasteiger partial charge in [-0.25, -0.2) is 0 Å². The normalized spacial score (nSPS) is 13.1. The smallest absolute Gasteiger partial charge is 0.171 e. The van der Waals surface area contributed by atoms with Crippen LogP contribution in [0.15, 0.2) is 0 Å². The summed E-state index contributed by atoms with van der Waals surface area (Å²) in [5.74, 6) is 0. The van der Waals surface area contributed by atoms with E-state index < -0.39 is 17.8 Å². The molecule has 0 aromatic heterocycles. The molecular formula is C8H22OSi2. The van der Waals surface area contributed by atoms with E-state index in [1.54, 1.807) is 0 Å². The molecule has 0 rings (SSSR count). The average Bonchev–Trinajstić information content (AvgIpc) is 1.53. The highest BCUT2D eigenvalue weighted by Crippen LogP contribution is 2.18. The summed E-state index contributed by atoms with van der Waals surface area (Å²) >= 11 is 0. The lowest BCUT2D eigenvalue weighted by atomic mass is 10.2. The summed E-state index contributed by atoms with van der Waals surface area (Å²) in [7, 11) is -1.29. The monoisotopic (exact) mass is 190 g/mol. The first-order chi connectivity index (χ1) is 4.83. The maximum absolute atomic E-state index is 5.92. The molecule has 0 heterocycles. The number of rotatable bonds is 4. The molecule has 0 saturated carbocycles. The second kappa shape index (κ2) is 4.43. The molecule has 0 unspecified atom stereocenters. The predicted molar refractivity (Wildman–Crippen MR) is 57.7 cm³/mol. The van der Waals surface area contributed by atoms with Crippen LogP contribution >= 0.6 is 0 Å². The van der Waals surface area contributed by atoms with Gasteiger partial charge in [-0.05, 0) is 33.0 Å². The van der Waals surface area contributed by atoms with Crippen molar-refractivity contribution in [2.75, 3.05) is 0 Å². The molecular weight excluding hydrogens is 168 g/mol. The van der Waals surface area contributed by atoms with Crippen molar-refractivity contribution < 1.29 is 4.43 Å². The molecule has 0 atom stereocenters. The van der Waals surface area contributed by atoms with Gasteiger partial charge < -0.3 is 4.43 Å². The lowest BCUT2D eigenvalue weighted by molar-refractivity contribution is 0.131. The average molecular weight is 190 g/mol. The fourth-order valence-corrected chi connectivity index (χ4v) is 5.30. The molecule has 0 radical (unpaired) electrons. The van der Waals surface area contributed by atoms with Crippen LogP contribution in [0.4, 0.5) is 0 Å². The van der Waals surface area contributed by atoms with Gasteiger partial charge in [-0.15, -0.1) is 0 Å². The zero-order chi connectivity index (χ0) is 9.07. The molecule has 0 aliphatic heterocycles. The van der Waals surface area contributed by atoms with Gasteiger partial charge in [0, 0.05) is 14.4 Å². The summed E-state index contributed by atoms with van der Waals surface area (Å²) in [6.07, 6.45) is 0. The van der Waals surface area contributed by atoms with E-state index in [2.05, 4.69) is 40.0 Å². The highest BCUT2D eigenvalue weighted by atomic mass is 28.3. The summed E-state index contributed by atoms with van der Waals surface area (Å²) in [6.45, 7) is 13.7. The van der Waals surface area contributed by atoms with Crippen LogP contribution in [0.2, 0.25) is 32.2 Å². The van der Waals surface area contributed by atoms with Crippen LogP contribution < -0.4 is 0 Å². The summed E-state index contributed by atoms with van der Waals surface area (Å²) < 4.78 is 5.92. The summed E-state index contributed by atoms with van der Waals surface area (Å²) in [5, 5.41) is 0. The van der Waals surface area contributed by atoms with Gasteiger partial charge >= 0.3 is 0 Å². The molecule has 11 heavy (non-hydrogen) atoms. The van der Waals surface area contributed by atoms with Crippen LogP contribution in [-0.2, 0) is 4.43 Å². The van der Waals surface area contributed by atoms with Crippen LogP contribution in [0, 0.1) is 0 Å². The van der Waals surface area contributed by atoms with Crippen molar-refractivity contribution in [2.24, 2.45) is 0 Å². The molecule has 0 bridgehead atoms. The minimum absolute atomic E-state index is 0.167. The second-order valence-corrected chi connectivity index (χ2v) is 10.1. The van der Waals surface area contributed by atoms with Crippen LogP contribution in [0.5, 0.6) is 0 Å². The molecule has 0 aromatic rings. The van der Waals surface area contributed by atoms with Crippen molar-refractivity contribution in [2.45, 2.75) is 51.7 Å². The van der Waals surface area contributed by atoms with Gasteiger partial charge in [-0.2, -0.15) is 0 Å². The Balaban J connectivity index is 3.79. The van der Waals surface area contributed by atoms with Crippen LogP contribution in [0.25, 0.3) is 0 Å². The maximum atomic E-state index is 5.92. The predicted octanol–water partition coefficient (Wildman–Crippen LogP) is 2.25. The van der Waals surface area contributed by atoms with Crippen molar-refractivity contribution in [3.05, 3.63) is 0 Å². The van der Waals surface area contributed by atoms with E-state index in [9.17, 15) is 0 Å². The summed E-state index contributed by atoms with van der Waals surface area (Å²) in [5.41, 5.74) is 0.167. The molecule has 0 N–H and O–H groups in total. The third-order valence-electron chi connectivity index (χ3n) is 1.45. The third kappa shape index (κ3) is 6.78. The second-order valence-electron chi connectivity index (χ2n) is 4.52. The fourth-order valence-electron chi connectivity index (χ4n) is 1.67. The zero-order valence-corrected chi connectivity index (χ0v) is 11.1. The Hall–Kier alpha value is 0.394. The van der Waals surface area contributed by atoms with Crippen molar-refractivity contribution in [3.63, 3.8) is 0 Å². The molecule has 0 spiro atoms. The minimum atomic E-state index is -0.832. The fraction of sp³-hybridized carbons (Fsp3) is 1.00. The maximum Gasteiger partial charge on any atom is 0.171 e. The molecule has 0 aromatic carbocycles. The van der Waals surface area contributed by atoms with E-state index in [-0.39, 0.29) is 5.60 Å². The van der Waals surface area contributed by atoms with Gasteiger partial charge in [0.25, 0.3) is 0 Å². The first-order valence-electron chi connectivity index (χ1n) is 4.51. The van der Waals surface area contributed by atoms with Crippen molar-refractivity contribution in [1.29, 1.82) is 0 Å². The Bertz CT molecular complexity index is 98.7. The Morgan fingerprint density at radius 3 is 1.82 bits per heavy atom. The minimum Gasteiger partial charge on any atom is -0.416 e. The van der Waals surface area contributed by atoms with E-state index in [0.717, 1.165) is 0 Å². The SMILES string of the molecule is C[SiH](C)CC(C)(C)O[SiH](C)C. The first-order valence-corrected chi connectivity index (χ1v) is 10.4. The number of hydrogen-bond acceptors (Lipinski definition) is 1. The van der Waals surface area contributed by atoms with Gasteiger partial charge in [0.05, 0.1) is 0 Å². The highest BCUT2D eigenvalue weighted by molar-refractivity contribution is 6.56. The van der Waals surface area contributed by atoms with Gasteiger partial charge in [-0.3, -0.25) is 0 Å². The van der Waals surface area contributed by atoms with Crippen molar-refractivity contribution in [1.82, 2.24) is 0 Å². The largest absolute Gasteiger partial charge is 0.416 e. The Morgan fingerprint density at radius 2 is 1.55 bits per heavy atom. The van der Waals surface area contributed by atoms with E-state index in [4.69, 9.17) is 4.43 Å².